The summed E-state index contributed by atoms with van der Waals surface area (Å²) >= 11 is 5.95. The molecule has 2 N–H and O–H groups in total. The lowest BCUT2D eigenvalue weighted by molar-refractivity contribution is 0.445. The second-order valence-electron chi connectivity index (χ2n) is 3.56. The quantitative estimate of drug-likeness (QED) is 0.892. The molecule has 0 aromatic heterocycles. The summed E-state index contributed by atoms with van der Waals surface area (Å²) in [5.41, 5.74) is 6.25. The number of benzene rings is 1. The highest BCUT2D eigenvalue weighted by Crippen LogP contribution is 2.25. The average Bonchev–Trinajstić information content (AvgIpc) is 2.30. The summed E-state index contributed by atoms with van der Waals surface area (Å²) in [6.07, 6.45) is 0. The van der Waals surface area contributed by atoms with Gasteiger partial charge in [0.2, 0.25) is 10.0 Å². The van der Waals surface area contributed by atoms with Crippen molar-refractivity contribution in [3.8, 4) is 0 Å². The van der Waals surface area contributed by atoms with Gasteiger partial charge in [-0.15, -0.1) is 0 Å². The van der Waals surface area contributed by atoms with Gasteiger partial charge < -0.3 is 5.73 Å². The number of nitrogens with two attached hydrogens (primary N) is 1. The number of nitrogens with zero attached hydrogens (tertiary/aromatic N) is 1. The zero-order valence-corrected chi connectivity index (χ0v) is 11.6. The third kappa shape index (κ3) is 2.98. The monoisotopic (exact) mass is 276 g/mol. The van der Waals surface area contributed by atoms with E-state index in [0.717, 1.165) is 5.56 Å². The largest absolute Gasteiger partial charge is 0.326 e. The molecule has 0 fully saturated rings. The van der Waals surface area contributed by atoms with Crippen LogP contribution in [-0.2, 0) is 16.6 Å². The van der Waals surface area contributed by atoms with Crippen molar-refractivity contribution >= 4 is 21.6 Å². The number of hydrogen-bond acceptors (Lipinski definition) is 3. The highest BCUT2D eigenvalue weighted by molar-refractivity contribution is 7.89. The topological polar surface area (TPSA) is 63.4 Å². The maximum Gasteiger partial charge on any atom is 0.244 e. The van der Waals surface area contributed by atoms with Gasteiger partial charge >= 0.3 is 0 Å². The molecule has 1 rings (SSSR count). The molecule has 0 saturated heterocycles. The molecule has 1 aromatic carbocycles. The van der Waals surface area contributed by atoms with E-state index in [9.17, 15) is 8.42 Å². The molecule has 0 atom stereocenters. The van der Waals surface area contributed by atoms with Crippen LogP contribution in [0.1, 0.15) is 19.4 Å². The molecule has 0 aliphatic heterocycles. The Hall–Kier alpha value is -0.620. The minimum atomic E-state index is -3.52. The van der Waals surface area contributed by atoms with E-state index in [1.54, 1.807) is 26.0 Å². The van der Waals surface area contributed by atoms with Crippen LogP contribution in [0.5, 0.6) is 0 Å². The van der Waals surface area contributed by atoms with Gasteiger partial charge in [0.25, 0.3) is 0 Å². The van der Waals surface area contributed by atoms with Crippen LogP contribution < -0.4 is 5.73 Å². The fourth-order valence-electron chi connectivity index (χ4n) is 1.58. The summed E-state index contributed by atoms with van der Waals surface area (Å²) in [5, 5.41) is 0.231. The Labute approximate surface area is 107 Å². The van der Waals surface area contributed by atoms with Gasteiger partial charge in [-0.3, -0.25) is 0 Å². The third-order valence-corrected chi connectivity index (χ3v) is 5.09. The molecule has 0 spiro atoms. The van der Waals surface area contributed by atoms with E-state index in [2.05, 4.69) is 0 Å². The van der Waals surface area contributed by atoms with Gasteiger partial charge in [0.1, 0.15) is 4.90 Å². The van der Waals surface area contributed by atoms with Crippen molar-refractivity contribution in [2.75, 3.05) is 13.1 Å². The number of rotatable bonds is 5. The molecule has 0 bridgehead atoms. The first-order chi connectivity index (χ1) is 7.97. The first-order valence-electron chi connectivity index (χ1n) is 5.46. The van der Waals surface area contributed by atoms with Gasteiger partial charge in [-0.1, -0.05) is 31.5 Å². The maximum atomic E-state index is 12.3. The van der Waals surface area contributed by atoms with Crippen LogP contribution in [0, 0.1) is 0 Å². The van der Waals surface area contributed by atoms with Gasteiger partial charge in [-0.05, 0) is 17.7 Å². The highest BCUT2D eigenvalue weighted by atomic mass is 35.5. The third-order valence-electron chi connectivity index (χ3n) is 2.55. The minimum Gasteiger partial charge on any atom is -0.326 e. The van der Waals surface area contributed by atoms with Crippen molar-refractivity contribution in [3.63, 3.8) is 0 Å². The zero-order valence-electron chi connectivity index (χ0n) is 9.98. The van der Waals surface area contributed by atoms with Crippen molar-refractivity contribution in [3.05, 3.63) is 28.8 Å². The molecule has 0 unspecified atom stereocenters. The highest BCUT2D eigenvalue weighted by Gasteiger charge is 2.24. The standard InChI is InChI=1S/C11H17ClN2O2S/c1-3-14(4-2)17(15,16)11-7-9(8-13)5-6-10(11)12/h5-7H,3-4,8,13H2,1-2H3. The Morgan fingerprint density at radius 3 is 2.35 bits per heavy atom. The second-order valence-corrected chi connectivity index (χ2v) is 5.87. The second kappa shape index (κ2) is 5.82. The van der Waals surface area contributed by atoms with E-state index in [4.69, 9.17) is 17.3 Å². The van der Waals surface area contributed by atoms with E-state index >= 15 is 0 Å². The van der Waals surface area contributed by atoms with Gasteiger partial charge in [-0.2, -0.15) is 4.31 Å². The lowest BCUT2D eigenvalue weighted by Gasteiger charge is -2.19. The predicted molar refractivity (Wildman–Crippen MR) is 69.5 cm³/mol. The van der Waals surface area contributed by atoms with Crippen LogP contribution in [-0.4, -0.2) is 25.8 Å². The van der Waals surface area contributed by atoms with E-state index in [1.807, 2.05) is 0 Å². The number of halogens is 1. The average molecular weight is 277 g/mol. The van der Waals surface area contributed by atoms with Crippen LogP contribution in [0.2, 0.25) is 5.02 Å². The van der Waals surface area contributed by atoms with E-state index in [0.29, 0.717) is 13.1 Å². The molecule has 0 aliphatic rings. The molecular weight excluding hydrogens is 260 g/mol. The summed E-state index contributed by atoms with van der Waals surface area (Å²) in [4.78, 5) is 0.130. The maximum absolute atomic E-state index is 12.3. The molecule has 17 heavy (non-hydrogen) atoms. The van der Waals surface area contributed by atoms with Crippen LogP contribution in [0.15, 0.2) is 23.1 Å². The molecule has 1 aromatic rings. The van der Waals surface area contributed by atoms with Crippen molar-refractivity contribution < 1.29 is 8.42 Å². The molecule has 6 heteroatoms. The fourth-order valence-corrected chi connectivity index (χ4v) is 3.56. The van der Waals surface area contributed by atoms with Crippen molar-refractivity contribution in [1.29, 1.82) is 0 Å². The molecule has 0 radical (unpaired) electrons. The SMILES string of the molecule is CCN(CC)S(=O)(=O)c1cc(CN)ccc1Cl. The zero-order chi connectivity index (χ0) is 13.1. The lowest BCUT2D eigenvalue weighted by Crippen LogP contribution is -2.30. The van der Waals surface area contributed by atoms with Crippen molar-refractivity contribution in [1.82, 2.24) is 4.31 Å². The summed E-state index contributed by atoms with van der Waals surface area (Å²) in [6.45, 7) is 4.71. The van der Waals surface area contributed by atoms with Crippen molar-refractivity contribution in [2.45, 2.75) is 25.3 Å². The van der Waals surface area contributed by atoms with Gasteiger partial charge in [0.15, 0.2) is 0 Å². The Kier molecular flexibility index (Phi) is 4.94. The van der Waals surface area contributed by atoms with Crippen molar-refractivity contribution in [2.24, 2.45) is 5.73 Å². The summed E-state index contributed by atoms with van der Waals surface area (Å²) in [7, 11) is -3.52. The van der Waals surface area contributed by atoms with E-state index < -0.39 is 10.0 Å². The minimum absolute atomic E-state index is 0.130. The van der Waals surface area contributed by atoms with Crippen LogP contribution >= 0.6 is 11.6 Å². The molecular formula is C11H17ClN2O2S. The number of sulfonamides is 1. The van der Waals surface area contributed by atoms with Gasteiger partial charge in [0, 0.05) is 19.6 Å². The normalized spacial score (nSPS) is 12.1. The molecule has 0 aliphatic carbocycles. The fraction of sp³-hybridized carbons (Fsp3) is 0.455. The van der Waals surface area contributed by atoms with Crippen LogP contribution in [0.25, 0.3) is 0 Å². The summed E-state index contributed by atoms with van der Waals surface area (Å²) in [5.74, 6) is 0. The lowest BCUT2D eigenvalue weighted by atomic mass is 10.2. The molecule has 0 amide bonds. The Morgan fingerprint density at radius 1 is 1.29 bits per heavy atom. The predicted octanol–water partition coefficient (Wildman–Crippen LogP) is 1.83. The van der Waals surface area contributed by atoms with Crippen LogP contribution in [0.3, 0.4) is 0 Å². The molecule has 4 nitrogen and oxygen atoms in total. The first kappa shape index (κ1) is 14.4. The Bertz CT molecular complexity index is 484. The smallest absolute Gasteiger partial charge is 0.244 e. The summed E-state index contributed by atoms with van der Waals surface area (Å²) in [6, 6.07) is 4.83. The number of hydrogen-bond donors (Lipinski definition) is 1. The Morgan fingerprint density at radius 2 is 1.88 bits per heavy atom. The molecule has 96 valence electrons. The van der Waals surface area contributed by atoms with E-state index in [-0.39, 0.29) is 16.5 Å². The summed E-state index contributed by atoms with van der Waals surface area (Å²) < 4.78 is 25.9. The van der Waals surface area contributed by atoms with Crippen LogP contribution in [0.4, 0.5) is 0 Å². The Balaban J connectivity index is 3.31. The molecule has 0 heterocycles. The van der Waals surface area contributed by atoms with Gasteiger partial charge in [0.05, 0.1) is 5.02 Å². The first-order valence-corrected chi connectivity index (χ1v) is 7.27. The molecule has 0 saturated carbocycles. The van der Waals surface area contributed by atoms with E-state index in [1.165, 1.54) is 10.4 Å². The van der Waals surface area contributed by atoms with Gasteiger partial charge in [-0.25, -0.2) is 8.42 Å².